The molecule has 0 amide bonds. The SMILES string of the molecule is CSc1ccc(C2=C(c3ccc(S(N)(=O)=O)cc3)CC3(CCC3)C2)cn1. The second-order valence-corrected chi connectivity index (χ2v) is 9.71. The van der Waals surface area contributed by atoms with Crippen LogP contribution in [0.3, 0.4) is 0 Å². The molecule has 2 aliphatic rings. The number of aromatic nitrogens is 1. The molecule has 0 unspecified atom stereocenters. The Balaban J connectivity index is 1.75. The number of benzene rings is 1. The molecule has 0 saturated heterocycles. The molecule has 1 fully saturated rings. The molecule has 1 spiro atoms. The number of allylic oxidation sites excluding steroid dienone is 2. The zero-order chi connectivity index (χ0) is 18.4. The van der Waals surface area contributed by atoms with Crippen molar-refractivity contribution in [3.05, 3.63) is 53.7 Å². The van der Waals surface area contributed by atoms with Crippen molar-refractivity contribution in [1.29, 1.82) is 0 Å². The van der Waals surface area contributed by atoms with Gasteiger partial charge in [-0.1, -0.05) is 24.6 Å². The number of hydrogen-bond acceptors (Lipinski definition) is 4. The summed E-state index contributed by atoms with van der Waals surface area (Å²) < 4.78 is 23.1. The number of primary sulfonamides is 1. The van der Waals surface area contributed by atoms with Gasteiger partial charge in [0.2, 0.25) is 10.0 Å². The Kier molecular flexibility index (Phi) is 4.45. The van der Waals surface area contributed by atoms with E-state index < -0.39 is 10.0 Å². The van der Waals surface area contributed by atoms with Crippen LogP contribution in [0.1, 0.15) is 43.2 Å². The maximum absolute atomic E-state index is 11.5. The highest BCUT2D eigenvalue weighted by Crippen LogP contribution is 2.59. The summed E-state index contributed by atoms with van der Waals surface area (Å²) in [5, 5.41) is 6.25. The first-order valence-corrected chi connectivity index (χ1v) is 11.5. The quantitative estimate of drug-likeness (QED) is 0.794. The minimum atomic E-state index is -3.66. The highest BCUT2D eigenvalue weighted by Gasteiger charge is 2.43. The summed E-state index contributed by atoms with van der Waals surface area (Å²) in [7, 11) is -3.66. The fourth-order valence-corrected chi connectivity index (χ4v) is 5.01. The van der Waals surface area contributed by atoms with E-state index in [9.17, 15) is 8.42 Å². The molecule has 1 aromatic carbocycles. The normalized spacial score (nSPS) is 19.0. The third kappa shape index (κ3) is 3.21. The molecule has 1 saturated carbocycles. The summed E-state index contributed by atoms with van der Waals surface area (Å²) in [5.41, 5.74) is 5.33. The van der Waals surface area contributed by atoms with Gasteiger partial charge in [-0.3, -0.25) is 0 Å². The third-order valence-electron chi connectivity index (χ3n) is 5.71. The first-order chi connectivity index (χ1) is 12.4. The lowest BCUT2D eigenvalue weighted by Gasteiger charge is -2.39. The first-order valence-electron chi connectivity index (χ1n) is 8.76. The van der Waals surface area contributed by atoms with Crippen LogP contribution in [-0.4, -0.2) is 19.7 Å². The average molecular weight is 387 g/mol. The molecule has 2 aliphatic carbocycles. The fraction of sp³-hybridized carbons (Fsp3) is 0.350. The Bertz CT molecular complexity index is 958. The van der Waals surface area contributed by atoms with Gasteiger partial charge >= 0.3 is 0 Å². The Hall–Kier alpha value is -1.63. The van der Waals surface area contributed by atoms with Crippen molar-refractivity contribution in [1.82, 2.24) is 4.98 Å². The first kappa shape index (κ1) is 17.8. The van der Waals surface area contributed by atoms with Crippen LogP contribution in [0, 0.1) is 5.41 Å². The maximum atomic E-state index is 11.5. The van der Waals surface area contributed by atoms with Crippen molar-refractivity contribution in [2.45, 2.75) is 42.0 Å². The predicted octanol–water partition coefficient (Wildman–Crippen LogP) is 4.33. The monoisotopic (exact) mass is 386 g/mol. The van der Waals surface area contributed by atoms with Gasteiger partial charge in [0.25, 0.3) is 0 Å². The Labute approximate surface area is 159 Å². The van der Waals surface area contributed by atoms with Gasteiger partial charge in [-0.05, 0) is 77.8 Å². The topological polar surface area (TPSA) is 73.1 Å². The summed E-state index contributed by atoms with van der Waals surface area (Å²) in [5.74, 6) is 0. The summed E-state index contributed by atoms with van der Waals surface area (Å²) in [4.78, 5) is 4.70. The molecule has 4 nitrogen and oxygen atoms in total. The van der Waals surface area contributed by atoms with E-state index in [4.69, 9.17) is 5.14 Å². The lowest BCUT2D eigenvalue weighted by molar-refractivity contribution is 0.157. The lowest BCUT2D eigenvalue weighted by Crippen LogP contribution is -2.26. The molecule has 1 heterocycles. The molecular weight excluding hydrogens is 364 g/mol. The zero-order valence-corrected chi connectivity index (χ0v) is 16.4. The molecule has 0 bridgehead atoms. The largest absolute Gasteiger partial charge is 0.249 e. The van der Waals surface area contributed by atoms with E-state index in [1.807, 2.05) is 24.6 Å². The summed E-state index contributed by atoms with van der Waals surface area (Å²) in [6.45, 7) is 0. The number of rotatable bonds is 4. The number of hydrogen-bond donors (Lipinski definition) is 1. The summed E-state index contributed by atoms with van der Waals surface area (Å²) >= 11 is 1.64. The molecular formula is C20H22N2O2S2. The summed E-state index contributed by atoms with van der Waals surface area (Å²) in [6.07, 6.45) is 9.98. The molecule has 136 valence electrons. The smallest absolute Gasteiger partial charge is 0.238 e. The van der Waals surface area contributed by atoms with E-state index in [2.05, 4.69) is 17.1 Å². The van der Waals surface area contributed by atoms with Gasteiger partial charge in [0.1, 0.15) is 0 Å². The number of thioether (sulfide) groups is 1. The van der Waals surface area contributed by atoms with E-state index in [1.165, 1.54) is 36.0 Å². The maximum Gasteiger partial charge on any atom is 0.238 e. The Morgan fingerprint density at radius 2 is 1.62 bits per heavy atom. The highest BCUT2D eigenvalue weighted by molar-refractivity contribution is 7.98. The van der Waals surface area contributed by atoms with Gasteiger partial charge < -0.3 is 0 Å². The van der Waals surface area contributed by atoms with Crippen LogP contribution in [0.15, 0.2) is 52.5 Å². The van der Waals surface area contributed by atoms with Gasteiger partial charge in [-0.25, -0.2) is 18.5 Å². The van der Waals surface area contributed by atoms with E-state index in [0.29, 0.717) is 5.41 Å². The van der Waals surface area contributed by atoms with Gasteiger partial charge in [0.05, 0.1) is 9.92 Å². The average Bonchev–Trinajstić information content (AvgIpc) is 3.03. The van der Waals surface area contributed by atoms with E-state index >= 15 is 0 Å². The van der Waals surface area contributed by atoms with Gasteiger partial charge in [0.15, 0.2) is 0 Å². The van der Waals surface area contributed by atoms with E-state index in [-0.39, 0.29) is 4.90 Å². The van der Waals surface area contributed by atoms with Crippen molar-refractivity contribution in [2.75, 3.05) is 6.26 Å². The number of sulfonamides is 1. The number of nitrogens with two attached hydrogens (primary N) is 1. The molecule has 0 atom stereocenters. The second kappa shape index (κ2) is 6.51. The van der Waals surface area contributed by atoms with Crippen LogP contribution < -0.4 is 5.14 Å². The van der Waals surface area contributed by atoms with Crippen LogP contribution >= 0.6 is 11.8 Å². The highest BCUT2D eigenvalue weighted by atomic mass is 32.2. The van der Waals surface area contributed by atoms with Gasteiger partial charge in [-0.15, -0.1) is 11.8 Å². The molecule has 2 aromatic rings. The molecule has 0 aliphatic heterocycles. The zero-order valence-electron chi connectivity index (χ0n) is 14.7. The minimum Gasteiger partial charge on any atom is -0.249 e. The Morgan fingerprint density at radius 1 is 1.00 bits per heavy atom. The van der Waals surface area contributed by atoms with Crippen LogP contribution in [0.5, 0.6) is 0 Å². The van der Waals surface area contributed by atoms with Gasteiger partial charge in [-0.2, -0.15) is 0 Å². The number of nitrogens with zero attached hydrogens (tertiary/aromatic N) is 1. The third-order valence-corrected chi connectivity index (χ3v) is 7.30. The van der Waals surface area contributed by atoms with Crippen molar-refractivity contribution >= 4 is 32.9 Å². The standard InChI is InChI=1S/C20H22N2O2S2/c1-25-19-8-5-15(13-22-19)18-12-20(9-2-10-20)11-17(18)14-3-6-16(7-4-14)26(21,23)24/h3-8,13H,2,9-12H2,1H3,(H2,21,23,24). The molecule has 26 heavy (non-hydrogen) atoms. The molecule has 6 heteroatoms. The summed E-state index contributed by atoms with van der Waals surface area (Å²) in [6, 6.07) is 11.2. The van der Waals surface area contributed by atoms with Crippen molar-refractivity contribution in [3.63, 3.8) is 0 Å². The van der Waals surface area contributed by atoms with Crippen LogP contribution in [0.4, 0.5) is 0 Å². The van der Waals surface area contributed by atoms with E-state index in [0.717, 1.165) is 23.4 Å². The predicted molar refractivity (Wildman–Crippen MR) is 106 cm³/mol. The van der Waals surface area contributed by atoms with Gasteiger partial charge in [0, 0.05) is 6.20 Å². The molecule has 4 rings (SSSR count). The Morgan fingerprint density at radius 3 is 2.08 bits per heavy atom. The van der Waals surface area contributed by atoms with Crippen LogP contribution in [-0.2, 0) is 10.0 Å². The molecule has 1 aromatic heterocycles. The van der Waals surface area contributed by atoms with Crippen molar-refractivity contribution < 1.29 is 8.42 Å². The molecule has 0 radical (unpaired) electrons. The number of pyridine rings is 1. The van der Waals surface area contributed by atoms with Crippen molar-refractivity contribution in [3.8, 4) is 0 Å². The lowest BCUT2D eigenvalue weighted by atomic mass is 9.66. The van der Waals surface area contributed by atoms with E-state index in [1.54, 1.807) is 23.9 Å². The fourth-order valence-electron chi connectivity index (χ4n) is 4.13. The minimum absolute atomic E-state index is 0.158. The molecule has 2 N–H and O–H groups in total. The second-order valence-electron chi connectivity index (χ2n) is 7.32. The van der Waals surface area contributed by atoms with Crippen molar-refractivity contribution in [2.24, 2.45) is 10.6 Å². The van der Waals surface area contributed by atoms with Crippen LogP contribution in [0.25, 0.3) is 11.1 Å². The van der Waals surface area contributed by atoms with Crippen LogP contribution in [0.2, 0.25) is 0 Å².